The second kappa shape index (κ2) is 12.5. The Hall–Kier alpha value is -3.69. The van der Waals surface area contributed by atoms with E-state index in [9.17, 15) is 27.2 Å². The molecule has 230 valence electrons. The van der Waals surface area contributed by atoms with Gasteiger partial charge < -0.3 is 10.0 Å². The first-order chi connectivity index (χ1) is 20.4. The standard InChI is InChI=1S/C28H31F4N7O3S/c1-16-4-3-5-38(16)14-22-25(18-8-19(28(30,31)32)10-20(29)9-18)35-27(43-22)36-26(42)21-11-34-23(12-33-21)39-7-6-37(13-17(39)2)15-24(40)41/h8-12,16-17H,3-7,13-15H2,1-2H3,(H,40,41)(H,35,36,42)/t16-,17-/m1/s1. The molecule has 0 unspecified atom stereocenters. The van der Waals surface area contributed by atoms with Gasteiger partial charge in [-0.3, -0.25) is 24.7 Å². The summed E-state index contributed by atoms with van der Waals surface area (Å²) in [4.78, 5) is 43.8. The Bertz CT molecular complexity index is 1480. The lowest BCUT2D eigenvalue weighted by molar-refractivity contribution is -0.139. The number of halogens is 4. The largest absolute Gasteiger partial charge is 0.480 e. The third-order valence-electron chi connectivity index (χ3n) is 7.69. The number of benzene rings is 1. The summed E-state index contributed by atoms with van der Waals surface area (Å²) < 4.78 is 54.6. The number of aliphatic carboxylic acids is 1. The minimum absolute atomic E-state index is 0.0116. The van der Waals surface area contributed by atoms with E-state index in [1.807, 2.05) is 16.7 Å². The van der Waals surface area contributed by atoms with Crippen molar-refractivity contribution in [3.63, 3.8) is 0 Å². The Balaban J connectivity index is 1.35. The van der Waals surface area contributed by atoms with Crippen LogP contribution in [0.2, 0.25) is 0 Å². The molecule has 1 aromatic carbocycles. The molecule has 0 bridgehead atoms. The van der Waals surface area contributed by atoms with Crippen molar-refractivity contribution in [3.05, 3.63) is 52.5 Å². The molecule has 5 rings (SSSR count). The topological polar surface area (TPSA) is 115 Å². The summed E-state index contributed by atoms with van der Waals surface area (Å²) in [5.41, 5.74) is -0.943. The molecule has 4 heterocycles. The number of nitrogens with zero attached hydrogens (tertiary/aromatic N) is 6. The van der Waals surface area contributed by atoms with Gasteiger partial charge in [-0.1, -0.05) is 11.3 Å². The van der Waals surface area contributed by atoms with Crippen LogP contribution < -0.4 is 10.2 Å². The molecule has 2 aromatic heterocycles. The van der Waals surface area contributed by atoms with Gasteiger partial charge in [0.15, 0.2) is 5.13 Å². The fraction of sp³-hybridized carbons (Fsp3) is 0.464. The number of aromatic nitrogens is 3. The highest BCUT2D eigenvalue weighted by Crippen LogP contribution is 2.38. The number of hydrogen-bond donors (Lipinski definition) is 2. The summed E-state index contributed by atoms with van der Waals surface area (Å²) in [7, 11) is 0. The molecule has 0 saturated carbocycles. The maximum Gasteiger partial charge on any atom is 0.416 e. The predicted molar refractivity (Wildman–Crippen MR) is 152 cm³/mol. The van der Waals surface area contributed by atoms with Crippen LogP contribution in [0.5, 0.6) is 0 Å². The van der Waals surface area contributed by atoms with Crippen LogP contribution in [-0.4, -0.2) is 86.5 Å². The van der Waals surface area contributed by atoms with Crippen LogP contribution in [0.15, 0.2) is 30.6 Å². The number of carbonyl (C=O) groups is 2. The highest BCUT2D eigenvalue weighted by molar-refractivity contribution is 7.16. The number of likely N-dealkylation sites (tertiary alicyclic amines) is 1. The van der Waals surface area contributed by atoms with E-state index in [1.54, 1.807) is 0 Å². The van der Waals surface area contributed by atoms with Crippen molar-refractivity contribution < 1.29 is 32.3 Å². The molecule has 2 aliphatic rings. The average Bonchev–Trinajstić information content (AvgIpc) is 3.53. The van der Waals surface area contributed by atoms with Gasteiger partial charge in [0.05, 0.1) is 30.2 Å². The van der Waals surface area contributed by atoms with Gasteiger partial charge in [-0.2, -0.15) is 13.2 Å². The molecule has 3 aromatic rings. The minimum Gasteiger partial charge on any atom is -0.480 e. The Morgan fingerprint density at radius 1 is 1.09 bits per heavy atom. The number of carbonyl (C=O) groups excluding carboxylic acids is 1. The normalized spacial score (nSPS) is 20.0. The monoisotopic (exact) mass is 621 g/mol. The van der Waals surface area contributed by atoms with Crippen molar-refractivity contribution in [1.82, 2.24) is 24.8 Å². The zero-order chi connectivity index (χ0) is 30.9. The van der Waals surface area contributed by atoms with E-state index in [4.69, 9.17) is 5.11 Å². The number of nitrogens with one attached hydrogen (secondary N) is 1. The Morgan fingerprint density at radius 3 is 2.51 bits per heavy atom. The molecular formula is C28H31F4N7O3S. The maximum absolute atomic E-state index is 14.3. The number of rotatable bonds is 8. The summed E-state index contributed by atoms with van der Waals surface area (Å²) >= 11 is 1.12. The van der Waals surface area contributed by atoms with Gasteiger partial charge in [-0.05, 0) is 51.4 Å². The van der Waals surface area contributed by atoms with Crippen molar-refractivity contribution in [2.24, 2.45) is 0 Å². The Kier molecular flexibility index (Phi) is 8.94. The quantitative estimate of drug-likeness (QED) is 0.349. The molecule has 43 heavy (non-hydrogen) atoms. The smallest absolute Gasteiger partial charge is 0.416 e. The lowest BCUT2D eigenvalue weighted by Crippen LogP contribution is -2.53. The first-order valence-electron chi connectivity index (χ1n) is 13.8. The zero-order valence-corrected chi connectivity index (χ0v) is 24.4. The SMILES string of the molecule is C[C@@H]1CCCN1Cc1sc(NC(=O)c2cnc(N3CCN(CC(=O)O)C[C@H]3C)cn2)nc1-c1cc(F)cc(C(F)(F)F)c1. The van der Waals surface area contributed by atoms with E-state index < -0.39 is 29.4 Å². The van der Waals surface area contributed by atoms with Crippen LogP contribution in [0, 0.1) is 5.82 Å². The number of anilines is 2. The number of carboxylic acids is 1. The molecule has 2 saturated heterocycles. The van der Waals surface area contributed by atoms with Crippen molar-refractivity contribution >= 4 is 34.2 Å². The summed E-state index contributed by atoms with van der Waals surface area (Å²) in [6.07, 6.45) is 0.0355. The lowest BCUT2D eigenvalue weighted by atomic mass is 10.1. The van der Waals surface area contributed by atoms with E-state index in [1.165, 1.54) is 12.4 Å². The van der Waals surface area contributed by atoms with E-state index in [2.05, 4.69) is 32.1 Å². The van der Waals surface area contributed by atoms with Crippen LogP contribution in [0.3, 0.4) is 0 Å². The third kappa shape index (κ3) is 7.28. The highest BCUT2D eigenvalue weighted by atomic mass is 32.1. The summed E-state index contributed by atoms with van der Waals surface area (Å²) in [5, 5.41) is 11.9. The first-order valence-corrected chi connectivity index (χ1v) is 14.6. The van der Waals surface area contributed by atoms with Crippen LogP contribution in [0.1, 0.15) is 47.6 Å². The number of piperazine rings is 1. The zero-order valence-electron chi connectivity index (χ0n) is 23.6. The fourth-order valence-electron chi connectivity index (χ4n) is 5.50. The van der Waals surface area contributed by atoms with Gasteiger partial charge in [0.2, 0.25) is 0 Å². The molecule has 0 spiro atoms. The van der Waals surface area contributed by atoms with Crippen molar-refractivity contribution in [2.45, 2.75) is 51.5 Å². The van der Waals surface area contributed by atoms with Crippen molar-refractivity contribution in [3.8, 4) is 11.3 Å². The number of carboxylic acid groups (broad SMARTS) is 1. The van der Waals surface area contributed by atoms with E-state index in [0.717, 1.165) is 42.9 Å². The molecule has 0 aliphatic carbocycles. The summed E-state index contributed by atoms with van der Waals surface area (Å²) in [5.74, 6) is -1.97. The minimum atomic E-state index is -4.73. The van der Waals surface area contributed by atoms with E-state index in [-0.39, 0.29) is 40.7 Å². The second-order valence-corrected chi connectivity index (χ2v) is 11.9. The molecule has 15 heteroatoms. The van der Waals surface area contributed by atoms with Gasteiger partial charge in [-0.25, -0.2) is 19.3 Å². The number of amides is 1. The molecule has 0 radical (unpaired) electrons. The molecule has 1 amide bonds. The first kappa shape index (κ1) is 30.8. The van der Waals surface area contributed by atoms with Gasteiger partial charge in [0.25, 0.3) is 5.91 Å². The Labute approximate surface area is 249 Å². The molecule has 2 aliphatic heterocycles. The molecule has 10 nitrogen and oxygen atoms in total. The van der Waals surface area contributed by atoms with Crippen LogP contribution >= 0.6 is 11.3 Å². The molecule has 2 N–H and O–H groups in total. The van der Waals surface area contributed by atoms with Crippen LogP contribution in [-0.2, 0) is 17.5 Å². The number of thiazole rings is 1. The predicted octanol–water partition coefficient (Wildman–Crippen LogP) is 4.59. The number of hydrogen-bond acceptors (Lipinski definition) is 9. The molecule has 2 atom stereocenters. The van der Waals surface area contributed by atoms with Crippen LogP contribution in [0.4, 0.5) is 28.5 Å². The van der Waals surface area contributed by atoms with Crippen molar-refractivity contribution in [2.75, 3.05) is 42.9 Å². The van der Waals surface area contributed by atoms with Gasteiger partial charge in [-0.15, -0.1) is 0 Å². The van der Waals surface area contributed by atoms with E-state index in [0.29, 0.717) is 42.9 Å². The van der Waals surface area contributed by atoms with Gasteiger partial charge in [0, 0.05) is 48.7 Å². The summed E-state index contributed by atoms with van der Waals surface area (Å²) in [6.45, 7) is 6.82. The third-order valence-corrected chi connectivity index (χ3v) is 8.64. The fourth-order valence-corrected chi connectivity index (χ4v) is 6.50. The Morgan fingerprint density at radius 2 is 1.88 bits per heavy atom. The maximum atomic E-state index is 14.3. The van der Waals surface area contributed by atoms with E-state index >= 15 is 0 Å². The number of alkyl halides is 3. The van der Waals surface area contributed by atoms with Gasteiger partial charge in [0.1, 0.15) is 17.3 Å². The van der Waals surface area contributed by atoms with Crippen LogP contribution in [0.25, 0.3) is 11.3 Å². The van der Waals surface area contributed by atoms with Crippen molar-refractivity contribution in [1.29, 1.82) is 0 Å². The highest BCUT2D eigenvalue weighted by Gasteiger charge is 2.33. The molecular weight excluding hydrogens is 590 g/mol. The lowest BCUT2D eigenvalue weighted by Gasteiger charge is -2.39. The van der Waals surface area contributed by atoms with Gasteiger partial charge >= 0.3 is 12.1 Å². The second-order valence-electron chi connectivity index (χ2n) is 10.9. The average molecular weight is 622 g/mol. The summed E-state index contributed by atoms with van der Waals surface area (Å²) in [6, 6.07) is 2.57. The molecule has 2 fully saturated rings.